The zero-order valence-electron chi connectivity index (χ0n) is 49.2. The molecule has 0 saturated heterocycles. The second-order valence-corrected chi connectivity index (χ2v) is 25.0. The number of allylic oxidation sites excluding steroid dienone is 1. The molecule has 1 amide bonds. The second kappa shape index (κ2) is 55.0. The number of rotatable bonds is 60. The molecule has 1 unspecified atom stereocenters. The Morgan fingerprint density at radius 2 is 0.736 bits per heavy atom. The fourth-order valence-electron chi connectivity index (χ4n) is 9.99. The van der Waals surface area contributed by atoms with Crippen molar-refractivity contribution in [1.82, 2.24) is 5.32 Å². The standard InChI is InChI=1S/C63H127N2O6P/c1-6-8-10-12-14-16-18-20-22-23-24-25-26-27-28-29-30-31-32-33-34-35-36-37-38-39-40-41-42-43-45-47-49-51-53-55-57-63(67)64-61(60-71-72(68,69)70-59-58-65(3,4)5)62(66)56-54-52-50-48-46-44-21-19-17-15-13-11-9-7-2/h54,56,61-62,66H,6-53,55,57-60H2,1-5H3,(H-,64,67,68,69)/p+1/b56-54+/t61-,62+/m0/s1. The van der Waals surface area contributed by atoms with E-state index in [1.54, 1.807) is 6.08 Å². The van der Waals surface area contributed by atoms with E-state index in [9.17, 15) is 19.4 Å². The van der Waals surface area contributed by atoms with Gasteiger partial charge in [-0.3, -0.25) is 13.8 Å². The fourth-order valence-corrected chi connectivity index (χ4v) is 10.7. The second-order valence-electron chi connectivity index (χ2n) is 23.5. The molecule has 0 spiro atoms. The number of carbonyl (C=O) groups is 1. The SMILES string of the molecule is CCCCCCCCCCCCCC/C=C/[C@@H](O)[C@H](COP(=O)(O)OCC[N+](C)(C)C)NC(=O)CCCCCCCCCCCCCCCCCCCCCCCCCCCCCCCCCCCCCC. The Bertz CT molecular complexity index is 1180. The van der Waals surface area contributed by atoms with Crippen molar-refractivity contribution in [1.29, 1.82) is 0 Å². The molecule has 3 atom stereocenters. The van der Waals surface area contributed by atoms with Crippen molar-refractivity contribution in [3.8, 4) is 0 Å². The van der Waals surface area contributed by atoms with E-state index in [4.69, 9.17) is 9.05 Å². The number of carbonyl (C=O) groups excluding carboxylic acids is 1. The normalized spacial score (nSPS) is 13.8. The van der Waals surface area contributed by atoms with Gasteiger partial charge in [-0.25, -0.2) is 4.57 Å². The number of likely N-dealkylation sites (N-methyl/N-ethyl adjacent to an activating group) is 1. The molecule has 0 rings (SSSR count). The van der Waals surface area contributed by atoms with Gasteiger partial charge in [0.1, 0.15) is 13.2 Å². The van der Waals surface area contributed by atoms with Gasteiger partial charge >= 0.3 is 7.82 Å². The molecule has 0 aromatic carbocycles. The minimum atomic E-state index is -4.34. The zero-order chi connectivity index (χ0) is 52.7. The molecule has 8 nitrogen and oxygen atoms in total. The first kappa shape index (κ1) is 71.2. The minimum absolute atomic E-state index is 0.0650. The molecule has 3 N–H and O–H groups in total. The number of nitrogens with zero attached hydrogens (tertiary/aromatic N) is 1. The fraction of sp³-hybridized carbons (Fsp3) is 0.952. The lowest BCUT2D eigenvalue weighted by Crippen LogP contribution is -2.45. The Morgan fingerprint density at radius 1 is 0.458 bits per heavy atom. The largest absolute Gasteiger partial charge is 0.472 e. The van der Waals surface area contributed by atoms with Crippen LogP contribution in [0.3, 0.4) is 0 Å². The summed E-state index contributed by atoms with van der Waals surface area (Å²) in [6.07, 6.45) is 69.3. The third-order valence-corrected chi connectivity index (χ3v) is 16.0. The molecular weight excluding hydrogens is 912 g/mol. The van der Waals surface area contributed by atoms with E-state index in [1.165, 1.54) is 276 Å². The lowest BCUT2D eigenvalue weighted by molar-refractivity contribution is -0.870. The molecule has 0 fully saturated rings. The quantitative estimate of drug-likeness (QED) is 0.0243. The summed E-state index contributed by atoms with van der Waals surface area (Å²) in [6.45, 7) is 4.86. The van der Waals surface area contributed by atoms with Crippen LogP contribution in [0.4, 0.5) is 0 Å². The molecule has 0 aliphatic heterocycles. The lowest BCUT2D eigenvalue weighted by Gasteiger charge is -2.25. The van der Waals surface area contributed by atoms with Crippen LogP contribution >= 0.6 is 7.82 Å². The summed E-state index contributed by atoms with van der Waals surface area (Å²) in [5, 5.41) is 13.9. The van der Waals surface area contributed by atoms with Crippen LogP contribution in [0.1, 0.15) is 335 Å². The molecule has 0 aliphatic rings. The summed E-state index contributed by atoms with van der Waals surface area (Å²) < 4.78 is 23.7. The Hall–Kier alpha value is -0.760. The van der Waals surface area contributed by atoms with E-state index in [2.05, 4.69) is 19.2 Å². The number of phosphoric ester groups is 1. The Labute approximate surface area is 450 Å². The molecule has 0 heterocycles. The Balaban J connectivity index is 3.89. The summed E-state index contributed by atoms with van der Waals surface area (Å²) in [6, 6.07) is -0.842. The molecule has 0 bridgehead atoms. The highest BCUT2D eigenvalue weighted by atomic mass is 31.2. The van der Waals surface area contributed by atoms with Crippen molar-refractivity contribution in [2.75, 3.05) is 40.9 Å². The molecule has 0 aliphatic carbocycles. The monoisotopic (exact) mass is 1040 g/mol. The van der Waals surface area contributed by atoms with Crippen LogP contribution in [0, 0.1) is 0 Å². The molecule has 0 aromatic rings. The number of aliphatic hydroxyl groups is 1. The van der Waals surface area contributed by atoms with Gasteiger partial charge in [0.25, 0.3) is 0 Å². The molecule has 9 heteroatoms. The van der Waals surface area contributed by atoms with Crippen molar-refractivity contribution in [2.24, 2.45) is 0 Å². The van der Waals surface area contributed by atoms with Gasteiger partial charge in [0, 0.05) is 6.42 Å². The van der Waals surface area contributed by atoms with Crippen LogP contribution in [-0.2, 0) is 18.4 Å². The number of amides is 1. The van der Waals surface area contributed by atoms with Crippen LogP contribution in [-0.4, -0.2) is 73.4 Å². The maximum Gasteiger partial charge on any atom is 0.472 e. The summed E-state index contributed by atoms with van der Waals surface area (Å²) in [5.74, 6) is -0.170. The number of quaternary nitrogens is 1. The molecule has 72 heavy (non-hydrogen) atoms. The number of phosphoric acid groups is 1. The maximum absolute atomic E-state index is 13.0. The first-order valence-electron chi connectivity index (χ1n) is 32.1. The van der Waals surface area contributed by atoms with Gasteiger partial charge < -0.3 is 19.8 Å². The minimum Gasteiger partial charge on any atom is -0.387 e. The lowest BCUT2D eigenvalue weighted by atomic mass is 10.0. The topological polar surface area (TPSA) is 105 Å². The van der Waals surface area contributed by atoms with E-state index < -0.39 is 20.0 Å². The predicted molar refractivity (Wildman–Crippen MR) is 314 cm³/mol. The third kappa shape index (κ3) is 57.0. The summed E-state index contributed by atoms with van der Waals surface area (Å²) in [5.41, 5.74) is 0. The molecule has 0 radical (unpaired) electrons. The van der Waals surface area contributed by atoms with Gasteiger partial charge in [-0.1, -0.05) is 321 Å². The maximum atomic E-state index is 13.0. The van der Waals surface area contributed by atoms with Crippen molar-refractivity contribution >= 4 is 13.7 Å². The average molecular weight is 1040 g/mol. The van der Waals surface area contributed by atoms with Crippen molar-refractivity contribution < 1.29 is 32.9 Å². The number of hydrogen-bond acceptors (Lipinski definition) is 5. The summed E-state index contributed by atoms with van der Waals surface area (Å²) >= 11 is 0. The Kier molecular flexibility index (Phi) is 54.4. The highest BCUT2D eigenvalue weighted by Crippen LogP contribution is 2.43. The first-order chi connectivity index (χ1) is 35.0. The van der Waals surface area contributed by atoms with E-state index in [1.807, 2.05) is 27.2 Å². The van der Waals surface area contributed by atoms with Gasteiger partial charge in [0.15, 0.2) is 0 Å². The zero-order valence-corrected chi connectivity index (χ0v) is 50.1. The van der Waals surface area contributed by atoms with E-state index in [-0.39, 0.29) is 19.1 Å². The number of aliphatic hydroxyl groups excluding tert-OH is 1. The van der Waals surface area contributed by atoms with E-state index >= 15 is 0 Å². The van der Waals surface area contributed by atoms with Gasteiger partial charge in [-0.05, 0) is 19.3 Å². The van der Waals surface area contributed by atoms with Crippen LogP contribution in [0.5, 0.6) is 0 Å². The number of hydrogen-bond donors (Lipinski definition) is 3. The molecule has 430 valence electrons. The number of unbranched alkanes of at least 4 members (excludes halogenated alkanes) is 47. The van der Waals surface area contributed by atoms with Gasteiger partial charge in [0.05, 0.1) is 39.9 Å². The van der Waals surface area contributed by atoms with Gasteiger partial charge in [-0.2, -0.15) is 0 Å². The van der Waals surface area contributed by atoms with Gasteiger partial charge in [0.2, 0.25) is 5.91 Å². The van der Waals surface area contributed by atoms with Gasteiger partial charge in [-0.15, -0.1) is 0 Å². The van der Waals surface area contributed by atoms with Crippen molar-refractivity contribution in [3.63, 3.8) is 0 Å². The van der Waals surface area contributed by atoms with Crippen molar-refractivity contribution in [3.05, 3.63) is 12.2 Å². The third-order valence-electron chi connectivity index (χ3n) is 15.0. The number of nitrogens with one attached hydrogen (secondary N) is 1. The first-order valence-corrected chi connectivity index (χ1v) is 33.6. The van der Waals surface area contributed by atoms with Crippen LogP contribution in [0.15, 0.2) is 12.2 Å². The average Bonchev–Trinajstić information content (AvgIpc) is 3.34. The van der Waals surface area contributed by atoms with Crippen LogP contribution in [0.2, 0.25) is 0 Å². The van der Waals surface area contributed by atoms with Crippen LogP contribution < -0.4 is 5.32 Å². The molecular formula is C63H128N2O6P+. The van der Waals surface area contributed by atoms with E-state index in [0.29, 0.717) is 17.4 Å². The summed E-state index contributed by atoms with van der Waals surface area (Å²) in [7, 11) is 1.59. The highest BCUT2D eigenvalue weighted by molar-refractivity contribution is 7.47. The highest BCUT2D eigenvalue weighted by Gasteiger charge is 2.28. The van der Waals surface area contributed by atoms with Crippen LogP contribution in [0.25, 0.3) is 0 Å². The van der Waals surface area contributed by atoms with E-state index in [0.717, 1.165) is 38.5 Å². The smallest absolute Gasteiger partial charge is 0.387 e. The Morgan fingerprint density at radius 3 is 1.03 bits per heavy atom. The predicted octanol–water partition coefficient (Wildman–Crippen LogP) is 19.8. The molecule has 0 saturated carbocycles. The van der Waals surface area contributed by atoms with Crippen molar-refractivity contribution in [2.45, 2.75) is 347 Å². The molecule has 0 aromatic heterocycles. The summed E-state index contributed by atoms with van der Waals surface area (Å²) in [4.78, 5) is 23.3.